The number of hydrogen-bond acceptors (Lipinski definition) is 5. The zero-order valence-corrected chi connectivity index (χ0v) is 17.4. The highest BCUT2D eigenvalue weighted by atomic mass is 32.1. The molecular formula is C22H31NO3S. The fraction of sp³-hybridized carbons (Fsp3) is 0.591. The number of nitrogens with zero attached hydrogens (tertiary/aromatic N) is 1. The third-order valence-corrected chi connectivity index (χ3v) is 5.52. The Morgan fingerprint density at radius 3 is 2.67 bits per heavy atom. The lowest BCUT2D eigenvalue weighted by Crippen LogP contribution is -2.19. The normalized spacial score (nSPS) is 23.0. The zero-order chi connectivity index (χ0) is 19.5. The predicted molar refractivity (Wildman–Crippen MR) is 111 cm³/mol. The van der Waals surface area contributed by atoms with Gasteiger partial charge in [0.05, 0.1) is 10.7 Å². The largest absolute Gasteiger partial charge is 0.457 e. The average Bonchev–Trinajstić information content (AvgIpc) is 3.03. The van der Waals surface area contributed by atoms with Crippen molar-refractivity contribution in [3.05, 3.63) is 33.8 Å². The fourth-order valence-corrected chi connectivity index (χ4v) is 3.72. The fourth-order valence-electron chi connectivity index (χ4n) is 3.15. The molecule has 4 nitrogen and oxygen atoms in total. The molecular weight excluding hydrogens is 358 g/mol. The van der Waals surface area contributed by atoms with E-state index in [0.717, 1.165) is 48.4 Å². The topological polar surface area (TPSA) is 56.3 Å². The van der Waals surface area contributed by atoms with Crippen molar-refractivity contribution in [2.45, 2.75) is 84.2 Å². The molecule has 1 aliphatic rings. The minimum atomic E-state index is -0.278. The van der Waals surface area contributed by atoms with Gasteiger partial charge in [0.25, 0.3) is 0 Å². The van der Waals surface area contributed by atoms with Crippen molar-refractivity contribution in [2.24, 2.45) is 0 Å². The number of aryl methyl sites for hydroxylation is 1. The molecule has 1 aromatic rings. The Kier molecular flexibility index (Phi) is 9.46. The number of aromatic nitrogens is 1. The number of cyclic esters (lactones) is 1. The molecule has 0 saturated carbocycles. The van der Waals surface area contributed by atoms with E-state index in [1.165, 1.54) is 0 Å². The van der Waals surface area contributed by atoms with Crippen LogP contribution in [0.25, 0.3) is 6.08 Å². The molecule has 2 heterocycles. The summed E-state index contributed by atoms with van der Waals surface area (Å²) in [5.41, 5.74) is 1.91. The van der Waals surface area contributed by atoms with Gasteiger partial charge in [0.1, 0.15) is 11.9 Å². The number of esters is 1. The first kappa shape index (κ1) is 21.5. The molecule has 1 atom stereocenters. The molecule has 5 heteroatoms. The van der Waals surface area contributed by atoms with E-state index >= 15 is 0 Å². The summed E-state index contributed by atoms with van der Waals surface area (Å²) in [5.74, 6) is 0.0387. The number of thiazole rings is 1. The van der Waals surface area contributed by atoms with E-state index in [4.69, 9.17) is 4.74 Å². The molecule has 1 aliphatic heterocycles. The van der Waals surface area contributed by atoms with E-state index in [0.29, 0.717) is 32.1 Å². The summed E-state index contributed by atoms with van der Waals surface area (Å²) in [6, 6.07) is 0. The lowest BCUT2D eigenvalue weighted by atomic mass is 10.0. The molecule has 0 amide bonds. The van der Waals surface area contributed by atoms with Crippen LogP contribution in [0.15, 0.2) is 23.1 Å². The van der Waals surface area contributed by atoms with Crippen LogP contribution in [0.1, 0.15) is 81.8 Å². The van der Waals surface area contributed by atoms with Gasteiger partial charge in [0.2, 0.25) is 0 Å². The van der Waals surface area contributed by atoms with Gasteiger partial charge in [-0.05, 0) is 51.2 Å². The van der Waals surface area contributed by atoms with Crippen molar-refractivity contribution in [2.75, 3.05) is 0 Å². The van der Waals surface area contributed by atoms with Crippen LogP contribution in [0.4, 0.5) is 0 Å². The Balaban J connectivity index is 2.03. The van der Waals surface area contributed by atoms with Crippen molar-refractivity contribution in [3.8, 4) is 0 Å². The maximum Gasteiger partial charge on any atom is 0.306 e. The van der Waals surface area contributed by atoms with Crippen molar-refractivity contribution in [1.82, 2.24) is 4.98 Å². The van der Waals surface area contributed by atoms with Crippen LogP contribution in [0, 0.1) is 6.92 Å². The molecule has 148 valence electrons. The SMILES string of the molecule is C/C(=C\c1csc(C)n1)C1C/C=C\CCCCCCC(=O)CCCC(=O)O1. The first-order valence-corrected chi connectivity index (χ1v) is 10.9. The number of allylic oxidation sites excluding steroid dienone is 1. The van der Waals surface area contributed by atoms with Gasteiger partial charge in [0, 0.05) is 31.1 Å². The molecule has 0 bridgehead atoms. The minimum Gasteiger partial charge on any atom is -0.457 e. The molecule has 0 radical (unpaired) electrons. The second kappa shape index (κ2) is 11.9. The van der Waals surface area contributed by atoms with Gasteiger partial charge in [0.15, 0.2) is 0 Å². The second-order valence-corrected chi connectivity index (χ2v) is 8.27. The van der Waals surface area contributed by atoms with Gasteiger partial charge < -0.3 is 4.74 Å². The smallest absolute Gasteiger partial charge is 0.306 e. The molecule has 1 aromatic heterocycles. The number of carbonyl (C=O) groups is 2. The summed E-state index contributed by atoms with van der Waals surface area (Å²) in [6.07, 6.45) is 14.1. The van der Waals surface area contributed by atoms with Crippen LogP contribution in [-0.4, -0.2) is 22.8 Å². The summed E-state index contributed by atoms with van der Waals surface area (Å²) in [6.45, 7) is 3.97. The van der Waals surface area contributed by atoms with Gasteiger partial charge in [-0.2, -0.15) is 0 Å². The second-order valence-electron chi connectivity index (χ2n) is 7.21. The summed E-state index contributed by atoms with van der Waals surface area (Å²) in [5, 5.41) is 3.03. The first-order chi connectivity index (χ1) is 13.0. The van der Waals surface area contributed by atoms with E-state index in [1.807, 2.05) is 25.3 Å². The van der Waals surface area contributed by atoms with Crippen molar-refractivity contribution < 1.29 is 14.3 Å². The average molecular weight is 390 g/mol. The number of carbonyl (C=O) groups excluding carboxylic acids is 2. The van der Waals surface area contributed by atoms with Crippen LogP contribution in [-0.2, 0) is 14.3 Å². The van der Waals surface area contributed by atoms with E-state index < -0.39 is 0 Å². The molecule has 0 aliphatic carbocycles. The third kappa shape index (κ3) is 8.65. The van der Waals surface area contributed by atoms with Gasteiger partial charge >= 0.3 is 5.97 Å². The molecule has 2 rings (SSSR count). The van der Waals surface area contributed by atoms with Crippen LogP contribution < -0.4 is 0 Å². The predicted octanol–water partition coefficient (Wildman–Crippen LogP) is 5.81. The Morgan fingerprint density at radius 1 is 1.11 bits per heavy atom. The molecule has 1 unspecified atom stereocenters. The Hall–Kier alpha value is -1.75. The maximum atomic E-state index is 12.3. The summed E-state index contributed by atoms with van der Waals surface area (Å²) in [4.78, 5) is 28.6. The van der Waals surface area contributed by atoms with Crippen LogP contribution >= 0.6 is 11.3 Å². The number of rotatable bonds is 2. The standard InChI is InChI=1S/C22H31NO3S/c1-17(15-19-16-27-18(2)23-19)21-13-9-7-5-3-4-6-8-11-20(24)12-10-14-22(25)26-21/h7,9,15-16,21H,3-6,8,10-14H2,1-2H3/b9-7-,17-15+. The Bertz CT molecular complexity index is 675. The van der Waals surface area contributed by atoms with E-state index in [9.17, 15) is 9.59 Å². The molecule has 0 spiro atoms. The van der Waals surface area contributed by atoms with Gasteiger partial charge in [-0.3, -0.25) is 9.59 Å². The minimum absolute atomic E-state index is 0.226. The summed E-state index contributed by atoms with van der Waals surface area (Å²) in [7, 11) is 0. The van der Waals surface area contributed by atoms with Crippen molar-refractivity contribution in [1.29, 1.82) is 0 Å². The third-order valence-electron chi connectivity index (χ3n) is 4.72. The lowest BCUT2D eigenvalue weighted by molar-refractivity contribution is -0.147. The summed E-state index contributed by atoms with van der Waals surface area (Å²) < 4.78 is 5.73. The van der Waals surface area contributed by atoms with Crippen LogP contribution in [0.5, 0.6) is 0 Å². The van der Waals surface area contributed by atoms with Crippen LogP contribution in [0.3, 0.4) is 0 Å². The molecule has 0 fully saturated rings. The quantitative estimate of drug-likeness (QED) is 0.473. The van der Waals surface area contributed by atoms with Crippen LogP contribution in [0.2, 0.25) is 0 Å². The molecule has 0 saturated heterocycles. The summed E-state index contributed by atoms with van der Waals surface area (Å²) >= 11 is 1.61. The lowest BCUT2D eigenvalue weighted by Gasteiger charge is -2.17. The number of ketones is 1. The van der Waals surface area contributed by atoms with Gasteiger partial charge in [-0.15, -0.1) is 11.3 Å². The number of ether oxygens (including phenoxy) is 1. The highest BCUT2D eigenvalue weighted by Crippen LogP contribution is 2.19. The van der Waals surface area contributed by atoms with Crippen molar-refractivity contribution >= 4 is 29.2 Å². The van der Waals surface area contributed by atoms with Gasteiger partial charge in [-0.1, -0.05) is 25.0 Å². The zero-order valence-electron chi connectivity index (χ0n) is 16.5. The first-order valence-electron chi connectivity index (χ1n) is 10.0. The van der Waals surface area contributed by atoms with Gasteiger partial charge in [-0.25, -0.2) is 4.98 Å². The Labute approximate surface area is 166 Å². The highest BCUT2D eigenvalue weighted by Gasteiger charge is 2.16. The molecule has 0 N–H and O–H groups in total. The van der Waals surface area contributed by atoms with E-state index in [2.05, 4.69) is 17.1 Å². The van der Waals surface area contributed by atoms with E-state index in [-0.39, 0.29) is 17.9 Å². The van der Waals surface area contributed by atoms with E-state index in [1.54, 1.807) is 11.3 Å². The monoisotopic (exact) mass is 389 g/mol. The number of hydrogen-bond donors (Lipinski definition) is 0. The van der Waals surface area contributed by atoms with Crippen molar-refractivity contribution in [3.63, 3.8) is 0 Å². The maximum absolute atomic E-state index is 12.3. The molecule has 0 aromatic carbocycles. The number of Topliss-reactive ketones (excluding diaryl/α,β-unsaturated/α-hetero) is 1. The highest BCUT2D eigenvalue weighted by molar-refractivity contribution is 7.09. The molecule has 27 heavy (non-hydrogen) atoms. The Morgan fingerprint density at radius 2 is 1.89 bits per heavy atom.